The smallest absolute Gasteiger partial charge is 0.155 e. The molecule has 0 fully saturated rings. The van der Waals surface area contributed by atoms with E-state index < -0.39 is 0 Å². The van der Waals surface area contributed by atoms with Gasteiger partial charge in [0, 0.05) is 12.8 Å². The standard InChI is InChI=1S/C24H26O4/c25-21(17-23(27)19-11-5-3-6-12-19)15-9-1-2-10-16-22(26)18-24(28)20-13-7-4-8-14-20/h3-8,11-14,17-18,27-28H,1-2,9-10,15-16H2/p-2. The van der Waals surface area contributed by atoms with Crippen LogP contribution in [0, 0.1) is 0 Å². The molecule has 28 heavy (non-hydrogen) atoms. The molecule has 0 spiro atoms. The summed E-state index contributed by atoms with van der Waals surface area (Å²) in [5.74, 6) is -0.886. The van der Waals surface area contributed by atoms with E-state index in [-0.39, 0.29) is 23.1 Å². The van der Waals surface area contributed by atoms with Crippen LogP contribution in [0.25, 0.3) is 11.5 Å². The van der Waals surface area contributed by atoms with Crippen molar-refractivity contribution in [3.05, 3.63) is 83.9 Å². The van der Waals surface area contributed by atoms with Gasteiger partial charge in [-0.1, -0.05) is 85.0 Å². The number of carbonyl (C=O) groups excluding carboxylic acids is 2. The lowest BCUT2D eigenvalue weighted by Crippen LogP contribution is -2.06. The van der Waals surface area contributed by atoms with Crippen LogP contribution in [0.4, 0.5) is 0 Å². The van der Waals surface area contributed by atoms with E-state index in [0.717, 1.165) is 25.0 Å². The fourth-order valence-electron chi connectivity index (χ4n) is 2.76. The summed E-state index contributed by atoms with van der Waals surface area (Å²) in [6, 6.07) is 17.4. The molecule has 0 radical (unpaired) electrons. The quantitative estimate of drug-likeness (QED) is 0.342. The third kappa shape index (κ3) is 7.62. The summed E-state index contributed by atoms with van der Waals surface area (Å²) < 4.78 is 0. The van der Waals surface area contributed by atoms with Crippen LogP contribution in [0.15, 0.2) is 72.8 Å². The third-order valence-corrected chi connectivity index (χ3v) is 4.30. The second-order valence-corrected chi connectivity index (χ2v) is 6.60. The second-order valence-electron chi connectivity index (χ2n) is 6.60. The molecule has 0 saturated heterocycles. The summed E-state index contributed by atoms with van der Waals surface area (Å²) in [5.41, 5.74) is 1.02. The fraction of sp³-hybridized carbons (Fsp3) is 0.250. The van der Waals surface area contributed by atoms with Crippen LogP contribution >= 0.6 is 0 Å². The van der Waals surface area contributed by atoms with Crippen LogP contribution in [-0.2, 0) is 9.59 Å². The molecule has 146 valence electrons. The zero-order chi connectivity index (χ0) is 20.2. The fourth-order valence-corrected chi connectivity index (χ4v) is 2.76. The highest BCUT2D eigenvalue weighted by Crippen LogP contribution is 2.12. The lowest BCUT2D eigenvalue weighted by molar-refractivity contribution is -0.244. The SMILES string of the molecule is O=C(C=C([O-])c1ccccc1)CCCCCCC(=O)C=C([O-])c1ccccc1. The lowest BCUT2D eigenvalue weighted by atomic mass is 10.1. The minimum absolute atomic E-state index is 0.174. The maximum atomic E-state index is 11.9. The molecule has 2 rings (SSSR count). The van der Waals surface area contributed by atoms with Gasteiger partial charge < -0.3 is 10.2 Å². The molecule has 0 aliphatic heterocycles. The van der Waals surface area contributed by atoms with Gasteiger partial charge in [0.2, 0.25) is 0 Å². The minimum atomic E-state index is -0.269. The summed E-state index contributed by atoms with van der Waals surface area (Å²) in [7, 11) is 0. The average Bonchev–Trinajstić information content (AvgIpc) is 2.71. The van der Waals surface area contributed by atoms with E-state index in [1.165, 1.54) is 0 Å². The molecular formula is C24H24O4-2. The Kier molecular flexibility index (Phi) is 8.73. The van der Waals surface area contributed by atoms with Gasteiger partial charge in [0.1, 0.15) is 0 Å². The second kappa shape index (κ2) is 11.5. The Labute approximate surface area is 165 Å². The molecule has 0 aliphatic carbocycles. The van der Waals surface area contributed by atoms with Gasteiger partial charge in [0.05, 0.1) is 0 Å². The zero-order valence-corrected chi connectivity index (χ0v) is 15.8. The van der Waals surface area contributed by atoms with Crippen LogP contribution in [0.1, 0.15) is 49.7 Å². The third-order valence-electron chi connectivity index (χ3n) is 4.30. The number of benzene rings is 2. The largest absolute Gasteiger partial charge is 0.872 e. The molecule has 0 bridgehead atoms. The predicted molar refractivity (Wildman–Crippen MR) is 107 cm³/mol. The number of hydrogen-bond acceptors (Lipinski definition) is 4. The van der Waals surface area contributed by atoms with Crippen molar-refractivity contribution in [3.63, 3.8) is 0 Å². The Morgan fingerprint density at radius 3 is 1.32 bits per heavy atom. The molecule has 0 amide bonds. The first-order chi connectivity index (χ1) is 13.6. The van der Waals surface area contributed by atoms with Gasteiger partial charge in [0.15, 0.2) is 11.6 Å². The summed E-state index contributed by atoms with van der Waals surface area (Å²) in [6.07, 6.45) is 5.93. The van der Waals surface area contributed by atoms with Crippen LogP contribution in [0.2, 0.25) is 0 Å². The highest BCUT2D eigenvalue weighted by atomic mass is 16.3. The number of hydrogen-bond donors (Lipinski definition) is 0. The van der Waals surface area contributed by atoms with Gasteiger partial charge in [-0.05, 0) is 36.1 Å². The normalized spacial score (nSPS) is 12.0. The number of rotatable bonds is 11. The molecule has 0 N–H and O–H groups in total. The van der Waals surface area contributed by atoms with Crippen molar-refractivity contribution in [1.29, 1.82) is 0 Å². The van der Waals surface area contributed by atoms with Crippen molar-refractivity contribution in [2.24, 2.45) is 0 Å². The van der Waals surface area contributed by atoms with E-state index in [0.29, 0.717) is 36.8 Å². The van der Waals surface area contributed by atoms with Crippen molar-refractivity contribution in [3.8, 4) is 0 Å². The minimum Gasteiger partial charge on any atom is -0.872 e. The first kappa shape index (κ1) is 21.2. The van der Waals surface area contributed by atoms with Crippen LogP contribution in [0.5, 0.6) is 0 Å². The molecule has 0 saturated carbocycles. The van der Waals surface area contributed by atoms with Gasteiger partial charge >= 0.3 is 0 Å². The van der Waals surface area contributed by atoms with Crippen molar-refractivity contribution in [2.75, 3.05) is 0 Å². The van der Waals surface area contributed by atoms with Gasteiger partial charge in [-0.25, -0.2) is 0 Å². The molecule has 4 heteroatoms. The topological polar surface area (TPSA) is 80.3 Å². The van der Waals surface area contributed by atoms with E-state index in [1.807, 2.05) is 12.1 Å². The number of carbonyl (C=O) groups is 2. The maximum absolute atomic E-state index is 11.9. The Morgan fingerprint density at radius 1 is 0.607 bits per heavy atom. The summed E-state index contributed by atoms with van der Waals surface area (Å²) in [6.45, 7) is 0. The van der Waals surface area contributed by atoms with Crippen LogP contribution in [-0.4, -0.2) is 11.6 Å². The van der Waals surface area contributed by atoms with E-state index in [9.17, 15) is 19.8 Å². The molecule has 0 unspecified atom stereocenters. The van der Waals surface area contributed by atoms with E-state index >= 15 is 0 Å². The lowest BCUT2D eigenvalue weighted by Gasteiger charge is -2.11. The highest BCUT2D eigenvalue weighted by molar-refractivity contribution is 5.95. The van der Waals surface area contributed by atoms with Crippen molar-refractivity contribution < 1.29 is 19.8 Å². The van der Waals surface area contributed by atoms with E-state index in [1.54, 1.807) is 48.5 Å². The summed E-state index contributed by atoms with van der Waals surface area (Å²) in [4.78, 5) is 23.7. The molecule has 0 aromatic heterocycles. The van der Waals surface area contributed by atoms with Crippen molar-refractivity contribution in [1.82, 2.24) is 0 Å². The monoisotopic (exact) mass is 376 g/mol. The predicted octanol–water partition coefficient (Wildman–Crippen LogP) is 3.27. The van der Waals surface area contributed by atoms with E-state index in [2.05, 4.69) is 0 Å². The molecule has 0 aliphatic rings. The number of ketones is 2. The number of allylic oxidation sites excluding steroid dienone is 2. The van der Waals surface area contributed by atoms with Gasteiger partial charge in [0.25, 0.3) is 0 Å². The van der Waals surface area contributed by atoms with Gasteiger partial charge in [-0.15, -0.1) is 0 Å². The van der Waals surface area contributed by atoms with Crippen molar-refractivity contribution >= 4 is 23.1 Å². The molecule has 0 atom stereocenters. The van der Waals surface area contributed by atoms with Crippen LogP contribution in [0.3, 0.4) is 0 Å². The Bertz CT molecular complexity index is 749. The Balaban J connectivity index is 1.62. The molecular weight excluding hydrogens is 352 g/mol. The number of unbranched alkanes of at least 4 members (excludes halogenated alkanes) is 3. The first-order valence-corrected chi connectivity index (χ1v) is 9.50. The Morgan fingerprint density at radius 2 is 0.964 bits per heavy atom. The average molecular weight is 376 g/mol. The molecule has 0 heterocycles. The molecule has 2 aromatic carbocycles. The maximum Gasteiger partial charge on any atom is 0.155 e. The van der Waals surface area contributed by atoms with Crippen molar-refractivity contribution in [2.45, 2.75) is 38.5 Å². The summed E-state index contributed by atoms with van der Waals surface area (Å²) >= 11 is 0. The van der Waals surface area contributed by atoms with Crippen LogP contribution < -0.4 is 10.2 Å². The molecule has 4 nitrogen and oxygen atoms in total. The highest BCUT2D eigenvalue weighted by Gasteiger charge is 2.01. The first-order valence-electron chi connectivity index (χ1n) is 9.50. The van der Waals surface area contributed by atoms with Gasteiger partial charge in [-0.3, -0.25) is 9.59 Å². The van der Waals surface area contributed by atoms with E-state index in [4.69, 9.17) is 0 Å². The Hall–Kier alpha value is -3.14. The zero-order valence-electron chi connectivity index (χ0n) is 15.8. The summed E-state index contributed by atoms with van der Waals surface area (Å²) in [5, 5.41) is 23.8. The van der Waals surface area contributed by atoms with Gasteiger partial charge in [-0.2, -0.15) is 0 Å². The molecule has 2 aromatic rings.